The van der Waals surface area contributed by atoms with E-state index < -0.39 is 14.9 Å². The summed E-state index contributed by atoms with van der Waals surface area (Å²) in [6, 6.07) is 3.97. The first-order chi connectivity index (χ1) is 8.34. The third-order valence-corrected chi connectivity index (χ3v) is 4.77. The minimum atomic E-state index is -3.65. The maximum Gasteiger partial charge on any atom is 0.273 e. The van der Waals surface area contributed by atoms with Gasteiger partial charge in [-0.2, -0.15) is 4.31 Å². The van der Waals surface area contributed by atoms with Crippen LogP contribution in [0, 0.1) is 17.0 Å². The summed E-state index contributed by atoms with van der Waals surface area (Å²) in [7, 11) is -3.65. The highest BCUT2D eigenvalue weighted by Gasteiger charge is 2.24. The van der Waals surface area contributed by atoms with Gasteiger partial charge in [0.15, 0.2) is 0 Å². The molecule has 0 aliphatic carbocycles. The van der Waals surface area contributed by atoms with Crippen LogP contribution in [0.2, 0.25) is 0 Å². The topological polar surface area (TPSA) is 80.5 Å². The molecule has 0 radical (unpaired) electrons. The Balaban J connectivity index is 3.34. The number of aryl methyl sites for hydroxylation is 1. The molecule has 0 bridgehead atoms. The van der Waals surface area contributed by atoms with Crippen LogP contribution in [0.1, 0.15) is 19.4 Å². The van der Waals surface area contributed by atoms with Crippen molar-refractivity contribution >= 4 is 15.7 Å². The number of nitrogens with zero attached hydrogens (tertiary/aromatic N) is 2. The lowest BCUT2D eigenvalue weighted by Gasteiger charge is -2.18. The number of nitro groups is 1. The lowest BCUT2D eigenvalue weighted by Crippen LogP contribution is -2.30. The Morgan fingerprint density at radius 1 is 1.28 bits per heavy atom. The van der Waals surface area contributed by atoms with Crippen molar-refractivity contribution in [1.82, 2.24) is 4.31 Å². The zero-order valence-corrected chi connectivity index (χ0v) is 11.4. The monoisotopic (exact) mass is 272 g/mol. The van der Waals surface area contributed by atoms with Gasteiger partial charge in [-0.1, -0.05) is 19.9 Å². The molecule has 0 saturated carbocycles. The van der Waals surface area contributed by atoms with Crippen molar-refractivity contribution < 1.29 is 13.3 Å². The molecule has 7 heteroatoms. The summed E-state index contributed by atoms with van der Waals surface area (Å²) in [6.45, 7) is 5.69. The lowest BCUT2D eigenvalue weighted by atomic mass is 10.2. The van der Waals surface area contributed by atoms with Gasteiger partial charge in [0.25, 0.3) is 5.69 Å². The van der Waals surface area contributed by atoms with Crippen LogP contribution in [-0.2, 0) is 10.0 Å². The summed E-state index contributed by atoms with van der Waals surface area (Å²) < 4.78 is 25.6. The average molecular weight is 272 g/mol. The Morgan fingerprint density at radius 2 is 1.83 bits per heavy atom. The van der Waals surface area contributed by atoms with Crippen molar-refractivity contribution in [2.24, 2.45) is 0 Å². The second-order valence-corrected chi connectivity index (χ2v) is 5.73. The zero-order valence-electron chi connectivity index (χ0n) is 10.6. The van der Waals surface area contributed by atoms with Gasteiger partial charge in [-0.05, 0) is 13.0 Å². The molecule has 0 saturated heterocycles. The fourth-order valence-corrected chi connectivity index (χ4v) is 3.14. The normalized spacial score (nSPS) is 11.8. The highest BCUT2D eigenvalue weighted by Crippen LogP contribution is 2.24. The second-order valence-electron chi connectivity index (χ2n) is 3.79. The molecule has 0 aromatic heterocycles. The van der Waals surface area contributed by atoms with E-state index in [1.54, 1.807) is 20.8 Å². The standard InChI is InChI=1S/C11H16N2O4S/c1-4-12(5-2)18(16,17)10-7-6-9(3)11(8-10)13(14)15/h6-8H,4-5H2,1-3H3. The highest BCUT2D eigenvalue weighted by molar-refractivity contribution is 7.89. The van der Waals surface area contributed by atoms with Gasteiger partial charge < -0.3 is 0 Å². The summed E-state index contributed by atoms with van der Waals surface area (Å²) in [5.74, 6) is 0. The first-order valence-corrected chi connectivity index (χ1v) is 7.03. The molecule has 18 heavy (non-hydrogen) atoms. The first kappa shape index (κ1) is 14.6. The van der Waals surface area contributed by atoms with Crippen molar-refractivity contribution in [1.29, 1.82) is 0 Å². The minimum Gasteiger partial charge on any atom is -0.258 e. The largest absolute Gasteiger partial charge is 0.273 e. The SMILES string of the molecule is CCN(CC)S(=O)(=O)c1ccc(C)c([N+](=O)[O-])c1. The van der Waals surface area contributed by atoms with Gasteiger partial charge in [0, 0.05) is 24.7 Å². The first-order valence-electron chi connectivity index (χ1n) is 5.59. The molecule has 0 atom stereocenters. The van der Waals surface area contributed by atoms with Gasteiger partial charge in [-0.3, -0.25) is 10.1 Å². The predicted molar refractivity (Wildman–Crippen MR) is 67.9 cm³/mol. The number of rotatable bonds is 5. The molecule has 0 aliphatic heterocycles. The highest BCUT2D eigenvalue weighted by atomic mass is 32.2. The van der Waals surface area contributed by atoms with Crippen molar-refractivity contribution in [2.45, 2.75) is 25.7 Å². The second kappa shape index (κ2) is 5.45. The smallest absolute Gasteiger partial charge is 0.258 e. The van der Waals surface area contributed by atoms with Gasteiger partial charge in [-0.25, -0.2) is 8.42 Å². The van der Waals surface area contributed by atoms with Crippen LogP contribution >= 0.6 is 0 Å². The molecular weight excluding hydrogens is 256 g/mol. The average Bonchev–Trinajstić information content (AvgIpc) is 2.30. The summed E-state index contributed by atoms with van der Waals surface area (Å²) in [5.41, 5.74) is 0.265. The maximum atomic E-state index is 12.2. The van der Waals surface area contributed by atoms with Crippen LogP contribution in [0.25, 0.3) is 0 Å². The van der Waals surface area contributed by atoms with Gasteiger partial charge in [0.05, 0.1) is 9.82 Å². The van der Waals surface area contributed by atoms with Crippen LogP contribution < -0.4 is 0 Å². The van der Waals surface area contributed by atoms with Crippen molar-refractivity contribution in [3.63, 3.8) is 0 Å². The van der Waals surface area contributed by atoms with E-state index in [0.29, 0.717) is 18.7 Å². The number of nitro benzene ring substituents is 1. The summed E-state index contributed by atoms with van der Waals surface area (Å²) in [5, 5.41) is 10.8. The fraction of sp³-hybridized carbons (Fsp3) is 0.455. The molecule has 0 aliphatic rings. The fourth-order valence-electron chi connectivity index (χ4n) is 1.66. The van der Waals surface area contributed by atoms with Crippen LogP contribution in [0.15, 0.2) is 23.1 Å². The van der Waals surface area contributed by atoms with Gasteiger partial charge >= 0.3 is 0 Å². The van der Waals surface area contributed by atoms with Crippen LogP contribution in [0.4, 0.5) is 5.69 Å². The molecular formula is C11H16N2O4S. The Morgan fingerprint density at radius 3 is 2.28 bits per heavy atom. The molecule has 6 nitrogen and oxygen atoms in total. The third-order valence-electron chi connectivity index (χ3n) is 2.72. The third kappa shape index (κ3) is 2.68. The molecule has 1 aromatic carbocycles. The quantitative estimate of drug-likeness (QED) is 0.606. The van der Waals surface area contributed by atoms with E-state index in [2.05, 4.69) is 0 Å². The molecule has 0 unspecified atom stereocenters. The Hall–Kier alpha value is -1.47. The van der Waals surface area contributed by atoms with Crippen LogP contribution in [-0.4, -0.2) is 30.7 Å². The Kier molecular flexibility index (Phi) is 4.42. The van der Waals surface area contributed by atoms with Crippen LogP contribution in [0.3, 0.4) is 0 Å². The van der Waals surface area contributed by atoms with E-state index in [4.69, 9.17) is 0 Å². The number of hydrogen-bond donors (Lipinski definition) is 0. The van der Waals surface area contributed by atoms with E-state index in [1.165, 1.54) is 16.4 Å². The molecule has 0 fully saturated rings. The molecule has 0 amide bonds. The summed E-state index contributed by atoms with van der Waals surface area (Å²) >= 11 is 0. The molecule has 0 spiro atoms. The zero-order chi connectivity index (χ0) is 13.9. The Bertz CT molecular complexity index is 550. The molecule has 1 rings (SSSR count). The van der Waals surface area contributed by atoms with E-state index in [1.807, 2.05) is 0 Å². The molecule has 100 valence electrons. The Labute approximate surface area is 106 Å². The number of hydrogen-bond acceptors (Lipinski definition) is 4. The molecule has 1 aromatic rings. The number of sulfonamides is 1. The van der Waals surface area contributed by atoms with E-state index in [9.17, 15) is 18.5 Å². The van der Waals surface area contributed by atoms with E-state index in [-0.39, 0.29) is 10.6 Å². The van der Waals surface area contributed by atoms with Crippen molar-refractivity contribution in [3.8, 4) is 0 Å². The number of benzene rings is 1. The van der Waals surface area contributed by atoms with Gasteiger partial charge in [0.2, 0.25) is 10.0 Å². The summed E-state index contributed by atoms with van der Waals surface area (Å²) in [6.07, 6.45) is 0. The predicted octanol–water partition coefficient (Wildman–Crippen LogP) is 1.93. The van der Waals surface area contributed by atoms with Crippen molar-refractivity contribution in [3.05, 3.63) is 33.9 Å². The minimum absolute atomic E-state index is 0.0384. The summed E-state index contributed by atoms with van der Waals surface area (Å²) in [4.78, 5) is 10.2. The molecule has 0 N–H and O–H groups in total. The van der Waals surface area contributed by atoms with Crippen molar-refractivity contribution in [2.75, 3.05) is 13.1 Å². The van der Waals surface area contributed by atoms with E-state index in [0.717, 1.165) is 6.07 Å². The maximum absolute atomic E-state index is 12.2. The lowest BCUT2D eigenvalue weighted by molar-refractivity contribution is -0.385. The van der Waals surface area contributed by atoms with Gasteiger partial charge in [0.1, 0.15) is 0 Å². The van der Waals surface area contributed by atoms with E-state index >= 15 is 0 Å². The van der Waals surface area contributed by atoms with Crippen LogP contribution in [0.5, 0.6) is 0 Å². The molecule has 0 heterocycles. The van der Waals surface area contributed by atoms with Gasteiger partial charge in [-0.15, -0.1) is 0 Å².